The van der Waals surface area contributed by atoms with E-state index in [1.165, 1.54) is 17.0 Å². The van der Waals surface area contributed by atoms with Crippen LogP contribution in [0.15, 0.2) is 47.5 Å². The van der Waals surface area contributed by atoms with Crippen molar-refractivity contribution in [1.29, 1.82) is 0 Å². The monoisotopic (exact) mass is 407 g/mol. The minimum Gasteiger partial charge on any atom is -0.490 e. The number of amides is 1. The Bertz CT molecular complexity index is 1050. The van der Waals surface area contributed by atoms with Crippen molar-refractivity contribution in [1.82, 2.24) is 9.55 Å². The average molecular weight is 408 g/mol. The normalized spacial score (nSPS) is 10.8. The van der Waals surface area contributed by atoms with Crippen LogP contribution in [0.3, 0.4) is 0 Å². The molecular weight excluding hydrogens is 393 g/mol. The van der Waals surface area contributed by atoms with Crippen molar-refractivity contribution >= 4 is 45.7 Å². The van der Waals surface area contributed by atoms with Crippen molar-refractivity contribution < 1.29 is 14.6 Å². The number of nitrogens with one attached hydrogen (secondary N) is 1. The van der Waals surface area contributed by atoms with Gasteiger partial charge in [-0.25, -0.2) is 4.98 Å². The molecule has 0 saturated carbocycles. The Morgan fingerprint density at radius 2 is 2.04 bits per heavy atom. The van der Waals surface area contributed by atoms with Crippen LogP contribution in [0.1, 0.15) is 0 Å². The maximum atomic E-state index is 12.7. The van der Waals surface area contributed by atoms with Gasteiger partial charge in [-0.15, -0.1) is 0 Å². The largest absolute Gasteiger partial charge is 0.490 e. The number of hydrogen-bond donors (Lipinski definition) is 2. The lowest BCUT2D eigenvalue weighted by Crippen LogP contribution is -2.24. The summed E-state index contributed by atoms with van der Waals surface area (Å²) in [6.07, 6.45) is 1.43. The molecule has 1 heterocycles. The molecule has 0 atom stereocenters. The van der Waals surface area contributed by atoms with Gasteiger partial charge in [0.1, 0.15) is 19.0 Å². The Kier molecular flexibility index (Phi) is 5.95. The molecular formula is C18H15Cl2N3O4. The number of aliphatic hydroxyl groups is 1. The summed E-state index contributed by atoms with van der Waals surface area (Å²) in [7, 11) is 0. The van der Waals surface area contributed by atoms with Crippen LogP contribution in [0, 0.1) is 0 Å². The number of rotatable bonds is 6. The molecule has 0 aliphatic heterocycles. The van der Waals surface area contributed by atoms with E-state index < -0.39 is 12.5 Å². The van der Waals surface area contributed by atoms with Crippen molar-refractivity contribution in [3.8, 4) is 5.75 Å². The van der Waals surface area contributed by atoms with Crippen LogP contribution in [0.4, 0.5) is 5.69 Å². The second kappa shape index (κ2) is 8.39. The van der Waals surface area contributed by atoms with Crippen LogP contribution < -0.4 is 15.6 Å². The summed E-state index contributed by atoms with van der Waals surface area (Å²) in [6, 6.07) is 9.63. The molecule has 2 aromatic carbocycles. The summed E-state index contributed by atoms with van der Waals surface area (Å²) in [6.45, 7) is -0.204. The summed E-state index contributed by atoms with van der Waals surface area (Å²) in [5.41, 5.74) is 0.623. The fourth-order valence-corrected chi connectivity index (χ4v) is 2.77. The van der Waals surface area contributed by atoms with Crippen LogP contribution in [0.25, 0.3) is 10.9 Å². The molecule has 0 fully saturated rings. The zero-order valence-electron chi connectivity index (χ0n) is 14.0. The molecule has 0 aliphatic carbocycles. The van der Waals surface area contributed by atoms with Crippen LogP contribution in [0.2, 0.25) is 10.0 Å². The number of carbonyl (C=O) groups excluding carboxylic acids is 1. The number of aliphatic hydroxyl groups excluding tert-OH is 1. The Morgan fingerprint density at radius 3 is 2.81 bits per heavy atom. The molecule has 0 bridgehead atoms. The third-order valence-electron chi connectivity index (χ3n) is 3.73. The van der Waals surface area contributed by atoms with E-state index in [4.69, 9.17) is 33.0 Å². The van der Waals surface area contributed by atoms with E-state index in [1.807, 2.05) is 0 Å². The quantitative estimate of drug-likeness (QED) is 0.654. The summed E-state index contributed by atoms with van der Waals surface area (Å²) < 4.78 is 6.99. The van der Waals surface area contributed by atoms with Gasteiger partial charge < -0.3 is 15.2 Å². The molecule has 1 aromatic heterocycles. The van der Waals surface area contributed by atoms with Crippen molar-refractivity contribution in [2.24, 2.45) is 0 Å². The zero-order valence-corrected chi connectivity index (χ0v) is 15.5. The summed E-state index contributed by atoms with van der Waals surface area (Å²) >= 11 is 12.0. The molecule has 0 saturated heterocycles. The number of carbonyl (C=O) groups is 1. The van der Waals surface area contributed by atoms with Gasteiger partial charge in [0.15, 0.2) is 0 Å². The van der Waals surface area contributed by atoms with E-state index in [2.05, 4.69) is 10.3 Å². The minimum absolute atomic E-state index is 0.189. The predicted molar refractivity (Wildman–Crippen MR) is 104 cm³/mol. The van der Waals surface area contributed by atoms with Gasteiger partial charge >= 0.3 is 0 Å². The number of aromatic nitrogens is 2. The first kappa shape index (κ1) is 19.2. The first-order chi connectivity index (χ1) is 13.0. The lowest BCUT2D eigenvalue weighted by molar-refractivity contribution is -0.118. The number of hydrogen-bond acceptors (Lipinski definition) is 5. The Labute approximate surface area is 164 Å². The van der Waals surface area contributed by atoms with Crippen molar-refractivity contribution in [3.63, 3.8) is 0 Å². The van der Waals surface area contributed by atoms with Gasteiger partial charge in [0.2, 0.25) is 5.91 Å². The number of fused-ring (bicyclic) bond motifs is 1. The van der Waals surface area contributed by atoms with Gasteiger partial charge in [-0.2, -0.15) is 0 Å². The maximum absolute atomic E-state index is 12.7. The molecule has 0 radical (unpaired) electrons. The fourth-order valence-electron chi connectivity index (χ4n) is 2.44. The molecule has 3 aromatic rings. The average Bonchev–Trinajstić information content (AvgIpc) is 2.66. The lowest BCUT2D eigenvalue weighted by atomic mass is 10.2. The molecule has 7 nitrogen and oxygen atoms in total. The number of nitrogens with zero attached hydrogens (tertiary/aromatic N) is 2. The molecule has 140 valence electrons. The topological polar surface area (TPSA) is 93.5 Å². The molecule has 0 aliphatic rings. The van der Waals surface area contributed by atoms with E-state index in [0.717, 1.165) is 0 Å². The molecule has 2 N–H and O–H groups in total. The first-order valence-electron chi connectivity index (χ1n) is 7.95. The third kappa shape index (κ3) is 4.57. The van der Waals surface area contributed by atoms with Gasteiger partial charge in [0.05, 0.1) is 28.8 Å². The molecule has 3 rings (SSSR count). The maximum Gasteiger partial charge on any atom is 0.261 e. The molecule has 1 amide bonds. The van der Waals surface area contributed by atoms with Gasteiger partial charge in [-0.05, 0) is 30.3 Å². The van der Waals surface area contributed by atoms with Crippen LogP contribution in [-0.4, -0.2) is 33.8 Å². The van der Waals surface area contributed by atoms with Gasteiger partial charge in [0.25, 0.3) is 5.56 Å². The molecule has 0 spiro atoms. The number of ether oxygens (including phenoxy) is 1. The van der Waals surface area contributed by atoms with Crippen molar-refractivity contribution in [2.75, 3.05) is 18.5 Å². The zero-order chi connectivity index (χ0) is 19.4. The van der Waals surface area contributed by atoms with Crippen molar-refractivity contribution in [3.05, 3.63) is 63.1 Å². The predicted octanol–water partition coefficient (Wildman–Crippen LogP) is 2.71. The lowest BCUT2D eigenvalue weighted by Gasteiger charge is -2.11. The second-order valence-corrected chi connectivity index (χ2v) is 6.45. The number of halogens is 2. The standard InChI is InChI=1S/C18H15Cl2N3O4/c19-11-1-3-14(20)16(7-11)27-6-5-23-10-21-15-4-2-12(22-17(25)9-24)8-13(15)18(23)26/h1-4,7-8,10,24H,5-6,9H2,(H,22,25). The number of benzene rings is 2. The summed E-state index contributed by atoms with van der Waals surface area (Å²) in [5, 5.41) is 12.6. The summed E-state index contributed by atoms with van der Waals surface area (Å²) in [4.78, 5) is 28.2. The minimum atomic E-state index is -0.640. The molecule has 0 unspecified atom stereocenters. The highest BCUT2D eigenvalue weighted by Crippen LogP contribution is 2.27. The van der Waals surface area contributed by atoms with E-state index >= 15 is 0 Å². The third-order valence-corrected chi connectivity index (χ3v) is 4.28. The van der Waals surface area contributed by atoms with Gasteiger partial charge in [-0.1, -0.05) is 23.2 Å². The molecule has 9 heteroatoms. The fraction of sp³-hybridized carbons (Fsp3) is 0.167. The SMILES string of the molecule is O=C(CO)Nc1ccc2ncn(CCOc3cc(Cl)ccc3Cl)c(=O)c2c1. The van der Waals surface area contributed by atoms with E-state index in [1.54, 1.807) is 30.3 Å². The highest BCUT2D eigenvalue weighted by molar-refractivity contribution is 6.34. The van der Waals surface area contributed by atoms with Crippen LogP contribution >= 0.6 is 23.2 Å². The number of anilines is 1. The van der Waals surface area contributed by atoms with E-state index in [-0.39, 0.29) is 18.7 Å². The highest BCUT2D eigenvalue weighted by atomic mass is 35.5. The smallest absolute Gasteiger partial charge is 0.261 e. The van der Waals surface area contributed by atoms with Gasteiger partial charge in [0, 0.05) is 16.8 Å². The highest BCUT2D eigenvalue weighted by Gasteiger charge is 2.08. The molecule has 27 heavy (non-hydrogen) atoms. The van der Waals surface area contributed by atoms with Crippen molar-refractivity contribution in [2.45, 2.75) is 6.54 Å². The second-order valence-electron chi connectivity index (χ2n) is 5.60. The van der Waals surface area contributed by atoms with Crippen LogP contribution in [-0.2, 0) is 11.3 Å². The first-order valence-corrected chi connectivity index (χ1v) is 8.71. The summed E-state index contributed by atoms with van der Waals surface area (Å²) in [5.74, 6) is -0.134. The Hall–Kier alpha value is -2.61. The Morgan fingerprint density at radius 1 is 1.22 bits per heavy atom. The Balaban J connectivity index is 1.78. The van der Waals surface area contributed by atoms with E-state index in [9.17, 15) is 9.59 Å². The van der Waals surface area contributed by atoms with Gasteiger partial charge in [-0.3, -0.25) is 14.2 Å². The van der Waals surface area contributed by atoms with E-state index in [0.29, 0.717) is 32.4 Å². The van der Waals surface area contributed by atoms with Crippen LogP contribution in [0.5, 0.6) is 5.75 Å².